The number of carboxylic acid groups (broad SMARTS) is 1. The molecule has 0 aliphatic rings. The number of benzene rings is 2. The summed E-state index contributed by atoms with van der Waals surface area (Å²) in [5, 5.41) is 30.7. The van der Waals surface area contributed by atoms with Gasteiger partial charge in [-0.3, -0.25) is 4.79 Å². The number of nitrogens with zero attached hydrogens (tertiary/aromatic N) is 3. The van der Waals surface area contributed by atoms with Crippen LogP contribution in [0.2, 0.25) is 5.02 Å². The molecule has 3 rings (SSSR count). The number of carboxylic acids is 1. The van der Waals surface area contributed by atoms with Crippen molar-refractivity contribution in [1.82, 2.24) is 15.0 Å². The Balaban J connectivity index is 2.02. The third-order valence-corrected chi connectivity index (χ3v) is 6.75. The van der Waals surface area contributed by atoms with E-state index in [2.05, 4.69) is 17.1 Å². The lowest BCUT2D eigenvalue weighted by Crippen LogP contribution is -2.41. The summed E-state index contributed by atoms with van der Waals surface area (Å²) in [5.41, 5.74) is 1.13. The van der Waals surface area contributed by atoms with Gasteiger partial charge in [-0.15, -0.1) is 0 Å². The molecule has 0 bridgehead atoms. The smallest absolute Gasteiger partial charge is 0.316 e. The molecule has 0 aliphatic carbocycles. The lowest BCUT2D eigenvalue weighted by atomic mass is 9.73. The molecule has 7 heteroatoms. The summed E-state index contributed by atoms with van der Waals surface area (Å²) in [5.74, 6) is -0.737. The molecule has 0 saturated heterocycles. The maximum Gasteiger partial charge on any atom is 0.316 e. The molecule has 1 heterocycles. The summed E-state index contributed by atoms with van der Waals surface area (Å²) in [6, 6.07) is 10.5. The van der Waals surface area contributed by atoms with E-state index in [1.165, 1.54) is 17.6 Å². The topological polar surface area (TPSA) is 88.2 Å². The number of unbranched alkanes of at least 4 members (excludes halogenated alkanes) is 5. The maximum atomic E-state index is 13.0. The van der Waals surface area contributed by atoms with Crippen LogP contribution in [0.15, 0.2) is 36.4 Å². The molecule has 184 valence electrons. The number of aromatic hydroxyl groups is 1. The minimum atomic E-state index is -1.22. The first-order valence-corrected chi connectivity index (χ1v) is 12.5. The second kappa shape index (κ2) is 10.8. The average Bonchev–Trinajstić information content (AvgIpc) is 3.16. The number of carbonyl (C=O) groups is 1. The normalized spacial score (nSPS) is 13.8. The van der Waals surface area contributed by atoms with Crippen LogP contribution < -0.4 is 0 Å². The second-order valence-electron chi connectivity index (χ2n) is 10.3. The van der Waals surface area contributed by atoms with Crippen molar-refractivity contribution >= 4 is 28.6 Å². The molecule has 1 atom stereocenters. The highest BCUT2D eigenvalue weighted by Crippen LogP contribution is 2.39. The van der Waals surface area contributed by atoms with E-state index in [0.717, 1.165) is 31.2 Å². The first-order valence-electron chi connectivity index (χ1n) is 12.1. The number of rotatable bonds is 11. The van der Waals surface area contributed by atoms with E-state index >= 15 is 0 Å². The van der Waals surface area contributed by atoms with Crippen LogP contribution in [0.4, 0.5) is 0 Å². The van der Waals surface area contributed by atoms with Crippen molar-refractivity contribution in [2.24, 2.45) is 0 Å². The number of aromatic nitrogens is 3. The number of fused-ring (bicyclic) bond motifs is 1. The van der Waals surface area contributed by atoms with E-state index in [0.29, 0.717) is 28.0 Å². The van der Waals surface area contributed by atoms with Gasteiger partial charge in [0, 0.05) is 5.02 Å². The summed E-state index contributed by atoms with van der Waals surface area (Å²) >= 11 is 6.11. The Kier molecular flexibility index (Phi) is 8.24. The molecular formula is C27H36ClN3O3. The average molecular weight is 486 g/mol. The largest absolute Gasteiger partial charge is 0.508 e. The fourth-order valence-electron chi connectivity index (χ4n) is 4.50. The molecule has 6 nitrogen and oxygen atoms in total. The maximum absolute atomic E-state index is 13.0. The number of hydrogen-bond acceptors (Lipinski definition) is 4. The molecule has 2 aromatic carbocycles. The Morgan fingerprint density at radius 3 is 2.32 bits per heavy atom. The van der Waals surface area contributed by atoms with Crippen molar-refractivity contribution in [2.45, 2.75) is 90.0 Å². The third kappa shape index (κ3) is 5.90. The van der Waals surface area contributed by atoms with Gasteiger partial charge in [0.2, 0.25) is 0 Å². The molecule has 2 N–H and O–H groups in total. The first kappa shape index (κ1) is 26.0. The Morgan fingerprint density at radius 1 is 0.971 bits per heavy atom. The van der Waals surface area contributed by atoms with Crippen molar-refractivity contribution in [3.05, 3.63) is 52.5 Å². The van der Waals surface area contributed by atoms with Gasteiger partial charge in [-0.1, -0.05) is 90.0 Å². The van der Waals surface area contributed by atoms with Crippen molar-refractivity contribution < 1.29 is 15.0 Å². The van der Waals surface area contributed by atoms with E-state index in [1.807, 2.05) is 26.8 Å². The van der Waals surface area contributed by atoms with Gasteiger partial charge in [-0.05, 0) is 47.2 Å². The van der Waals surface area contributed by atoms with E-state index in [4.69, 9.17) is 11.6 Å². The van der Waals surface area contributed by atoms with E-state index < -0.39 is 11.4 Å². The summed E-state index contributed by atoms with van der Waals surface area (Å²) < 4.78 is 0. The van der Waals surface area contributed by atoms with Crippen LogP contribution >= 0.6 is 11.6 Å². The Labute approximate surface area is 206 Å². The zero-order valence-corrected chi connectivity index (χ0v) is 21.4. The highest BCUT2D eigenvalue weighted by atomic mass is 35.5. The van der Waals surface area contributed by atoms with E-state index in [-0.39, 0.29) is 17.7 Å². The SMILES string of the molecule is CCCCCCCCC(Cn1nc2ccc(Cl)cc2n1)(C(=O)O)c1ccc(O)c(C(C)(C)C)c1. The van der Waals surface area contributed by atoms with Crippen LogP contribution in [-0.2, 0) is 22.2 Å². The predicted molar refractivity (Wildman–Crippen MR) is 137 cm³/mol. The van der Waals surface area contributed by atoms with Gasteiger partial charge in [0.05, 0.1) is 6.54 Å². The molecule has 34 heavy (non-hydrogen) atoms. The lowest BCUT2D eigenvalue weighted by molar-refractivity contribution is -0.145. The molecule has 3 aromatic rings. The van der Waals surface area contributed by atoms with Crippen LogP contribution in [-0.4, -0.2) is 31.2 Å². The van der Waals surface area contributed by atoms with Crippen molar-refractivity contribution in [2.75, 3.05) is 0 Å². The number of phenolic OH excluding ortho intramolecular Hbond substituents is 1. The van der Waals surface area contributed by atoms with Gasteiger partial charge >= 0.3 is 5.97 Å². The molecule has 0 aliphatic heterocycles. The molecule has 0 radical (unpaired) electrons. The van der Waals surface area contributed by atoms with Crippen molar-refractivity contribution in [3.63, 3.8) is 0 Å². The van der Waals surface area contributed by atoms with Crippen LogP contribution in [0, 0.1) is 0 Å². The van der Waals surface area contributed by atoms with Gasteiger partial charge in [0.1, 0.15) is 22.2 Å². The molecule has 0 fully saturated rings. The van der Waals surface area contributed by atoms with Gasteiger partial charge in [0.25, 0.3) is 0 Å². The second-order valence-corrected chi connectivity index (χ2v) is 10.7. The Morgan fingerprint density at radius 2 is 1.65 bits per heavy atom. The molecule has 0 amide bonds. The number of phenols is 1. The zero-order valence-electron chi connectivity index (χ0n) is 20.6. The van der Waals surface area contributed by atoms with Crippen LogP contribution in [0.3, 0.4) is 0 Å². The standard InChI is InChI=1S/C27H36ClN3O3/c1-5-6-7-8-9-10-15-27(25(33)34,19-11-14-24(32)21(16-19)26(2,3)4)18-31-29-22-13-12-20(28)17-23(22)30-31/h11-14,16-17,32H,5-10,15,18H2,1-4H3,(H,33,34). The fourth-order valence-corrected chi connectivity index (χ4v) is 4.67. The highest BCUT2D eigenvalue weighted by molar-refractivity contribution is 6.31. The fraction of sp³-hybridized carbons (Fsp3) is 0.519. The van der Waals surface area contributed by atoms with Crippen LogP contribution in [0.1, 0.15) is 83.8 Å². The first-order chi connectivity index (χ1) is 16.1. The summed E-state index contributed by atoms with van der Waals surface area (Å²) in [6.07, 6.45) is 6.85. The Hall–Kier alpha value is -2.60. The van der Waals surface area contributed by atoms with Gasteiger partial charge < -0.3 is 10.2 Å². The minimum absolute atomic E-state index is 0.0952. The van der Waals surface area contributed by atoms with E-state index in [9.17, 15) is 15.0 Å². The molecular weight excluding hydrogens is 450 g/mol. The third-order valence-electron chi connectivity index (χ3n) is 6.52. The monoisotopic (exact) mass is 485 g/mol. The van der Waals surface area contributed by atoms with Crippen molar-refractivity contribution in [1.29, 1.82) is 0 Å². The summed E-state index contributed by atoms with van der Waals surface area (Å²) in [4.78, 5) is 14.4. The molecule has 1 unspecified atom stereocenters. The number of halogens is 1. The number of aliphatic carboxylic acids is 1. The molecule has 1 aromatic heterocycles. The van der Waals surface area contributed by atoms with Gasteiger partial charge in [-0.25, -0.2) is 0 Å². The molecule has 0 spiro atoms. The molecule has 0 saturated carbocycles. The van der Waals surface area contributed by atoms with Crippen molar-refractivity contribution in [3.8, 4) is 5.75 Å². The number of hydrogen-bond donors (Lipinski definition) is 2. The van der Waals surface area contributed by atoms with Gasteiger partial charge in [0.15, 0.2) is 0 Å². The minimum Gasteiger partial charge on any atom is -0.508 e. The highest BCUT2D eigenvalue weighted by Gasteiger charge is 2.42. The lowest BCUT2D eigenvalue weighted by Gasteiger charge is -2.31. The van der Waals surface area contributed by atoms with Gasteiger partial charge in [-0.2, -0.15) is 15.0 Å². The summed E-state index contributed by atoms with van der Waals surface area (Å²) in [6.45, 7) is 8.30. The Bertz CT molecular complexity index is 1140. The van der Waals surface area contributed by atoms with Crippen LogP contribution in [0.5, 0.6) is 5.75 Å². The quantitative estimate of drug-likeness (QED) is 0.289. The zero-order chi connectivity index (χ0) is 24.9. The predicted octanol–water partition coefficient (Wildman–Crippen LogP) is 6.86. The summed E-state index contributed by atoms with van der Waals surface area (Å²) in [7, 11) is 0. The van der Waals surface area contributed by atoms with Crippen LogP contribution in [0.25, 0.3) is 11.0 Å². The van der Waals surface area contributed by atoms with E-state index in [1.54, 1.807) is 30.3 Å².